The molecule has 0 fully saturated rings. The molecule has 30 heavy (non-hydrogen) atoms. The minimum absolute atomic E-state index is 0.0477. The van der Waals surface area contributed by atoms with Crippen LogP contribution in [0.4, 0.5) is 11.6 Å². The number of rotatable bonds is 15. The second-order valence-corrected chi connectivity index (χ2v) is 8.34. The number of anilines is 2. The Morgan fingerprint density at radius 2 is 1.33 bits per heavy atom. The lowest BCUT2D eigenvalue weighted by Crippen LogP contribution is -2.27. The van der Waals surface area contributed by atoms with E-state index < -0.39 is 11.2 Å². The Labute approximate surface area is 179 Å². The fraction of sp³-hybridized carbons (Fsp3) is 0.696. The molecule has 0 aliphatic rings. The number of nitrogens with two attached hydrogens (primary N) is 2. The van der Waals surface area contributed by atoms with Crippen molar-refractivity contribution in [2.75, 3.05) is 11.5 Å². The lowest BCUT2D eigenvalue weighted by Gasteiger charge is -2.11. The summed E-state index contributed by atoms with van der Waals surface area (Å²) in [4.78, 5) is 30.7. The number of H-pyrrole nitrogens is 1. The molecule has 2 aromatic rings. The van der Waals surface area contributed by atoms with Crippen LogP contribution >= 0.6 is 0 Å². The molecule has 0 radical (unpaired) electrons. The summed E-state index contributed by atoms with van der Waals surface area (Å²) in [5.41, 5.74) is 11.1. The first-order chi connectivity index (χ1) is 14.5. The third-order valence-electron chi connectivity index (χ3n) is 5.76. The van der Waals surface area contributed by atoms with E-state index in [1.54, 1.807) is 6.07 Å². The Balaban J connectivity index is 1.64. The lowest BCUT2D eigenvalue weighted by atomic mass is 10.0. The molecule has 5 N–H and O–H groups in total. The number of pyridine rings is 1. The van der Waals surface area contributed by atoms with Crippen molar-refractivity contribution in [3.63, 3.8) is 0 Å². The van der Waals surface area contributed by atoms with E-state index in [1.807, 2.05) is 0 Å². The Morgan fingerprint density at radius 1 is 0.833 bits per heavy atom. The van der Waals surface area contributed by atoms with Crippen LogP contribution < -0.4 is 22.7 Å². The SMILES string of the molecule is CCCCCCCCCCCCCCCCn1c(=O)nc(N)c2c(=O)[nH]c(N)cc21. The first-order valence-corrected chi connectivity index (χ1v) is 11.7. The van der Waals surface area contributed by atoms with Gasteiger partial charge in [-0.3, -0.25) is 9.36 Å². The molecule has 2 aromatic heterocycles. The smallest absolute Gasteiger partial charge is 0.350 e. The zero-order valence-corrected chi connectivity index (χ0v) is 18.5. The van der Waals surface area contributed by atoms with Crippen LogP contribution in [0.5, 0.6) is 0 Å². The van der Waals surface area contributed by atoms with Crippen molar-refractivity contribution < 1.29 is 0 Å². The Hall–Kier alpha value is -2.31. The molecule has 0 aromatic carbocycles. The molecule has 0 spiro atoms. The predicted octanol–water partition coefficient (Wildman–Crippen LogP) is 4.73. The molecule has 0 aliphatic carbocycles. The van der Waals surface area contributed by atoms with Crippen molar-refractivity contribution in [3.8, 4) is 0 Å². The van der Waals surface area contributed by atoms with Gasteiger partial charge in [-0.2, -0.15) is 4.98 Å². The summed E-state index contributed by atoms with van der Waals surface area (Å²) >= 11 is 0. The summed E-state index contributed by atoms with van der Waals surface area (Å²) in [5, 5.41) is 0.231. The molecule has 168 valence electrons. The van der Waals surface area contributed by atoms with E-state index in [0.717, 1.165) is 19.3 Å². The molecule has 2 heterocycles. The van der Waals surface area contributed by atoms with E-state index in [9.17, 15) is 9.59 Å². The topological polar surface area (TPSA) is 120 Å². The van der Waals surface area contributed by atoms with Gasteiger partial charge in [0, 0.05) is 12.6 Å². The molecule has 2 rings (SSSR count). The van der Waals surface area contributed by atoms with Crippen LogP contribution in [0.1, 0.15) is 96.8 Å². The molecule has 0 atom stereocenters. The molecule has 7 heteroatoms. The number of aromatic nitrogens is 3. The maximum absolute atomic E-state index is 12.3. The quantitative estimate of drug-likeness (QED) is 0.362. The summed E-state index contributed by atoms with van der Waals surface area (Å²) in [6.45, 7) is 2.78. The third-order valence-corrected chi connectivity index (χ3v) is 5.76. The van der Waals surface area contributed by atoms with E-state index in [0.29, 0.717) is 12.1 Å². The molecule has 0 unspecified atom stereocenters. The van der Waals surface area contributed by atoms with Gasteiger partial charge in [0.25, 0.3) is 5.56 Å². The molecule has 0 saturated carbocycles. The van der Waals surface area contributed by atoms with E-state index in [2.05, 4.69) is 16.9 Å². The van der Waals surface area contributed by atoms with Gasteiger partial charge in [0.15, 0.2) is 0 Å². The number of unbranched alkanes of at least 4 members (excludes halogenated alkanes) is 13. The molecular weight excluding hydrogens is 378 g/mol. The highest BCUT2D eigenvalue weighted by Crippen LogP contribution is 2.16. The number of nitrogens with zero attached hydrogens (tertiary/aromatic N) is 2. The second kappa shape index (κ2) is 13.1. The largest absolute Gasteiger partial charge is 0.385 e. The van der Waals surface area contributed by atoms with Crippen LogP contribution in [0.25, 0.3) is 10.9 Å². The van der Waals surface area contributed by atoms with Gasteiger partial charge in [0.05, 0.1) is 5.52 Å². The van der Waals surface area contributed by atoms with Gasteiger partial charge < -0.3 is 16.5 Å². The van der Waals surface area contributed by atoms with E-state index in [1.165, 1.54) is 75.2 Å². The first kappa shape index (κ1) is 24.0. The van der Waals surface area contributed by atoms with Crippen molar-refractivity contribution in [2.24, 2.45) is 0 Å². The standard InChI is InChI=1S/C23H39N5O2/c1-2-3-4-5-6-7-8-9-10-11-12-13-14-15-16-28-18-17-19(24)26-22(29)20(18)21(25)27-23(28)30/h17H,2-16H2,1H3,(H3,24,26,29)(H2,25,27,30). The number of aromatic amines is 1. The number of hydrogen-bond acceptors (Lipinski definition) is 5. The lowest BCUT2D eigenvalue weighted by molar-refractivity contribution is 0.523. The number of aryl methyl sites for hydroxylation is 1. The van der Waals surface area contributed by atoms with E-state index in [4.69, 9.17) is 11.5 Å². The van der Waals surface area contributed by atoms with Crippen molar-refractivity contribution in [1.29, 1.82) is 0 Å². The van der Waals surface area contributed by atoms with Gasteiger partial charge >= 0.3 is 5.69 Å². The molecular formula is C23H39N5O2. The van der Waals surface area contributed by atoms with Crippen LogP contribution in [-0.4, -0.2) is 14.5 Å². The summed E-state index contributed by atoms with van der Waals surface area (Å²) in [6, 6.07) is 1.58. The zero-order valence-electron chi connectivity index (χ0n) is 18.5. The van der Waals surface area contributed by atoms with Crippen molar-refractivity contribution in [2.45, 2.75) is 103 Å². The van der Waals surface area contributed by atoms with Crippen LogP contribution in [-0.2, 0) is 6.54 Å². The van der Waals surface area contributed by atoms with E-state index >= 15 is 0 Å². The average molecular weight is 418 g/mol. The summed E-state index contributed by atoms with van der Waals surface area (Å²) < 4.78 is 1.51. The zero-order chi connectivity index (χ0) is 21.8. The van der Waals surface area contributed by atoms with Crippen LogP contribution in [0.15, 0.2) is 15.7 Å². The number of hydrogen-bond donors (Lipinski definition) is 3. The normalized spacial score (nSPS) is 11.4. The highest BCUT2D eigenvalue weighted by molar-refractivity contribution is 5.88. The second-order valence-electron chi connectivity index (χ2n) is 8.34. The minimum Gasteiger partial charge on any atom is -0.385 e. The molecule has 0 saturated heterocycles. The Bertz CT molecular complexity index is 888. The number of nitrogens with one attached hydrogen (secondary N) is 1. The number of nitrogen functional groups attached to an aromatic ring is 2. The van der Waals surface area contributed by atoms with Crippen LogP contribution in [0, 0.1) is 0 Å². The van der Waals surface area contributed by atoms with Crippen molar-refractivity contribution in [3.05, 3.63) is 26.9 Å². The summed E-state index contributed by atoms with van der Waals surface area (Å²) in [5.74, 6) is 0.167. The maximum atomic E-state index is 12.3. The minimum atomic E-state index is -0.431. The van der Waals surface area contributed by atoms with Crippen molar-refractivity contribution in [1.82, 2.24) is 14.5 Å². The fourth-order valence-corrected chi connectivity index (χ4v) is 4.03. The van der Waals surface area contributed by atoms with Gasteiger partial charge in [-0.1, -0.05) is 90.4 Å². The summed E-state index contributed by atoms with van der Waals surface area (Å²) in [7, 11) is 0. The van der Waals surface area contributed by atoms with Gasteiger partial charge in [0.2, 0.25) is 0 Å². The number of fused-ring (bicyclic) bond motifs is 1. The van der Waals surface area contributed by atoms with Gasteiger partial charge in [0.1, 0.15) is 17.0 Å². The molecule has 0 bridgehead atoms. The maximum Gasteiger partial charge on any atom is 0.350 e. The highest BCUT2D eigenvalue weighted by Gasteiger charge is 2.12. The Morgan fingerprint density at radius 3 is 1.87 bits per heavy atom. The van der Waals surface area contributed by atoms with Crippen LogP contribution in [0.2, 0.25) is 0 Å². The monoisotopic (exact) mass is 417 g/mol. The fourth-order valence-electron chi connectivity index (χ4n) is 4.03. The Kier molecular flexibility index (Phi) is 10.5. The first-order valence-electron chi connectivity index (χ1n) is 11.7. The van der Waals surface area contributed by atoms with Gasteiger partial charge in [-0.05, 0) is 6.42 Å². The molecule has 0 amide bonds. The highest BCUT2D eigenvalue weighted by atomic mass is 16.1. The molecule has 0 aliphatic heterocycles. The average Bonchev–Trinajstić information content (AvgIpc) is 2.69. The van der Waals surface area contributed by atoms with Crippen LogP contribution in [0.3, 0.4) is 0 Å². The summed E-state index contributed by atoms with van der Waals surface area (Å²) in [6.07, 6.45) is 17.9. The molecule has 7 nitrogen and oxygen atoms in total. The predicted molar refractivity (Wildman–Crippen MR) is 126 cm³/mol. The van der Waals surface area contributed by atoms with Gasteiger partial charge in [-0.15, -0.1) is 0 Å². The van der Waals surface area contributed by atoms with Crippen molar-refractivity contribution >= 4 is 22.5 Å². The van der Waals surface area contributed by atoms with Gasteiger partial charge in [-0.25, -0.2) is 4.79 Å². The third kappa shape index (κ3) is 7.50. The van der Waals surface area contributed by atoms with E-state index in [-0.39, 0.29) is 17.0 Å².